The smallest absolute Gasteiger partial charge is 0.0746 e. The zero-order chi connectivity index (χ0) is 11.1. The second-order valence-corrected chi connectivity index (χ2v) is 5.72. The third kappa shape index (κ3) is 2.05. The van der Waals surface area contributed by atoms with Gasteiger partial charge in [0.25, 0.3) is 0 Å². The maximum Gasteiger partial charge on any atom is 0.0746 e. The van der Waals surface area contributed by atoms with Gasteiger partial charge in [-0.15, -0.1) is 0 Å². The maximum atomic E-state index is 10.3. The Bertz CT molecular complexity index is 224. The van der Waals surface area contributed by atoms with Crippen molar-refractivity contribution in [2.45, 2.75) is 51.3 Å². The van der Waals surface area contributed by atoms with E-state index in [-0.39, 0.29) is 11.5 Å². The van der Waals surface area contributed by atoms with Gasteiger partial charge in [-0.2, -0.15) is 0 Å². The normalized spacial score (nSPS) is 40.2. The number of likely N-dealkylation sites (N-methyl/N-ethyl adjacent to an activating group) is 1. The van der Waals surface area contributed by atoms with Gasteiger partial charge < -0.3 is 9.84 Å². The van der Waals surface area contributed by atoms with Gasteiger partial charge in [0.15, 0.2) is 0 Å². The summed E-state index contributed by atoms with van der Waals surface area (Å²) in [6.07, 6.45) is 3.15. The van der Waals surface area contributed by atoms with E-state index in [2.05, 4.69) is 25.8 Å². The van der Waals surface area contributed by atoms with E-state index in [9.17, 15) is 5.11 Å². The SMILES string of the molecule is CN(C1CCOC1)C1CCC(C)(C)C1O. The molecule has 0 aromatic rings. The molecule has 3 unspecified atom stereocenters. The van der Waals surface area contributed by atoms with Crippen LogP contribution in [0.4, 0.5) is 0 Å². The number of hydrogen-bond donors (Lipinski definition) is 1. The third-order valence-electron chi connectivity index (χ3n) is 4.25. The molecular formula is C12H23NO2. The Morgan fingerprint density at radius 3 is 2.53 bits per heavy atom. The molecule has 1 saturated carbocycles. The minimum atomic E-state index is -0.192. The highest BCUT2D eigenvalue weighted by Crippen LogP contribution is 2.40. The van der Waals surface area contributed by atoms with Gasteiger partial charge in [-0.1, -0.05) is 13.8 Å². The van der Waals surface area contributed by atoms with Crippen molar-refractivity contribution in [1.82, 2.24) is 4.90 Å². The molecule has 0 spiro atoms. The Morgan fingerprint density at radius 2 is 2.07 bits per heavy atom. The van der Waals surface area contributed by atoms with Gasteiger partial charge in [0, 0.05) is 18.7 Å². The van der Waals surface area contributed by atoms with Gasteiger partial charge in [-0.3, -0.25) is 4.90 Å². The Morgan fingerprint density at radius 1 is 1.33 bits per heavy atom. The van der Waals surface area contributed by atoms with Crippen LogP contribution in [0.3, 0.4) is 0 Å². The average Bonchev–Trinajstić information content (AvgIpc) is 2.76. The van der Waals surface area contributed by atoms with E-state index in [1.54, 1.807) is 0 Å². The highest BCUT2D eigenvalue weighted by atomic mass is 16.5. The topological polar surface area (TPSA) is 32.7 Å². The van der Waals surface area contributed by atoms with E-state index in [1.807, 2.05) is 0 Å². The average molecular weight is 213 g/mol. The monoisotopic (exact) mass is 213 g/mol. The van der Waals surface area contributed by atoms with Gasteiger partial charge in [0.1, 0.15) is 0 Å². The number of aliphatic hydroxyl groups excluding tert-OH is 1. The fourth-order valence-corrected chi connectivity index (χ4v) is 2.89. The molecule has 0 radical (unpaired) electrons. The van der Waals surface area contributed by atoms with E-state index < -0.39 is 0 Å². The molecule has 88 valence electrons. The van der Waals surface area contributed by atoms with Crippen LogP contribution in [-0.4, -0.2) is 48.5 Å². The van der Waals surface area contributed by atoms with Crippen LogP contribution < -0.4 is 0 Å². The molecule has 1 aliphatic carbocycles. The van der Waals surface area contributed by atoms with Crippen molar-refractivity contribution in [1.29, 1.82) is 0 Å². The van der Waals surface area contributed by atoms with Crippen LogP contribution in [0.1, 0.15) is 33.1 Å². The van der Waals surface area contributed by atoms with E-state index in [0.717, 1.165) is 32.5 Å². The summed E-state index contributed by atoms with van der Waals surface area (Å²) in [5, 5.41) is 10.3. The Hall–Kier alpha value is -0.120. The second kappa shape index (κ2) is 4.04. The van der Waals surface area contributed by atoms with Crippen LogP contribution in [0.5, 0.6) is 0 Å². The summed E-state index contributed by atoms with van der Waals surface area (Å²) in [5.41, 5.74) is 0.0817. The number of nitrogens with zero attached hydrogens (tertiary/aromatic N) is 1. The quantitative estimate of drug-likeness (QED) is 0.749. The van der Waals surface area contributed by atoms with Gasteiger partial charge in [-0.05, 0) is 31.7 Å². The first-order valence-electron chi connectivity index (χ1n) is 6.00. The summed E-state index contributed by atoms with van der Waals surface area (Å²) in [7, 11) is 2.13. The Kier molecular flexibility index (Phi) is 3.06. The standard InChI is InChI=1S/C12H23NO2/c1-12(2)6-4-10(11(12)14)13(3)9-5-7-15-8-9/h9-11,14H,4-8H2,1-3H3. The summed E-state index contributed by atoms with van der Waals surface area (Å²) in [4.78, 5) is 2.34. The second-order valence-electron chi connectivity index (χ2n) is 5.72. The molecule has 1 heterocycles. The predicted molar refractivity (Wildman–Crippen MR) is 59.8 cm³/mol. The van der Waals surface area contributed by atoms with E-state index in [0.29, 0.717) is 12.1 Å². The first-order chi connectivity index (χ1) is 7.02. The predicted octanol–water partition coefficient (Wildman–Crippen LogP) is 1.26. The molecule has 3 nitrogen and oxygen atoms in total. The Labute approximate surface area is 92.4 Å². The number of aliphatic hydroxyl groups is 1. The molecule has 0 aromatic heterocycles. The molecule has 2 rings (SSSR count). The summed E-state index contributed by atoms with van der Waals surface area (Å²) in [6, 6.07) is 0.838. The van der Waals surface area contributed by atoms with Crippen LogP contribution in [0.2, 0.25) is 0 Å². The molecule has 3 heteroatoms. The number of ether oxygens (including phenoxy) is 1. The molecule has 0 bridgehead atoms. The lowest BCUT2D eigenvalue weighted by atomic mass is 9.88. The molecule has 3 atom stereocenters. The van der Waals surface area contributed by atoms with Crippen LogP contribution in [0, 0.1) is 5.41 Å². The zero-order valence-electron chi connectivity index (χ0n) is 10.1. The summed E-state index contributed by atoms with van der Waals surface area (Å²) < 4.78 is 5.40. The fourth-order valence-electron chi connectivity index (χ4n) is 2.89. The van der Waals surface area contributed by atoms with Crippen LogP contribution in [0.15, 0.2) is 0 Å². The Balaban J connectivity index is 1.99. The van der Waals surface area contributed by atoms with Gasteiger partial charge >= 0.3 is 0 Å². The number of rotatable bonds is 2. The fraction of sp³-hybridized carbons (Fsp3) is 1.00. The van der Waals surface area contributed by atoms with E-state index in [4.69, 9.17) is 4.74 Å². The van der Waals surface area contributed by atoms with E-state index >= 15 is 0 Å². The van der Waals surface area contributed by atoms with Gasteiger partial charge in [0.2, 0.25) is 0 Å². The molecular weight excluding hydrogens is 190 g/mol. The summed E-state index contributed by atoms with van der Waals surface area (Å²) >= 11 is 0. The van der Waals surface area contributed by atoms with Crippen molar-refractivity contribution in [2.75, 3.05) is 20.3 Å². The van der Waals surface area contributed by atoms with Crippen molar-refractivity contribution in [2.24, 2.45) is 5.41 Å². The maximum absolute atomic E-state index is 10.3. The highest BCUT2D eigenvalue weighted by Gasteiger charge is 2.44. The lowest BCUT2D eigenvalue weighted by Gasteiger charge is -2.34. The first-order valence-corrected chi connectivity index (χ1v) is 6.00. The molecule has 2 aliphatic rings. The van der Waals surface area contributed by atoms with Crippen molar-refractivity contribution in [3.8, 4) is 0 Å². The van der Waals surface area contributed by atoms with Crippen molar-refractivity contribution in [3.63, 3.8) is 0 Å². The van der Waals surface area contributed by atoms with Crippen molar-refractivity contribution in [3.05, 3.63) is 0 Å². The minimum Gasteiger partial charge on any atom is -0.391 e. The molecule has 1 saturated heterocycles. The van der Waals surface area contributed by atoms with Crippen LogP contribution in [-0.2, 0) is 4.74 Å². The lowest BCUT2D eigenvalue weighted by molar-refractivity contribution is 0.00780. The van der Waals surface area contributed by atoms with Gasteiger partial charge in [-0.25, -0.2) is 0 Å². The molecule has 2 fully saturated rings. The lowest BCUT2D eigenvalue weighted by Crippen LogP contribution is -2.47. The molecule has 0 aromatic carbocycles. The van der Waals surface area contributed by atoms with Gasteiger partial charge in [0.05, 0.1) is 12.7 Å². The number of hydrogen-bond acceptors (Lipinski definition) is 3. The first kappa shape index (κ1) is 11.4. The van der Waals surface area contributed by atoms with Crippen LogP contribution in [0.25, 0.3) is 0 Å². The van der Waals surface area contributed by atoms with Crippen molar-refractivity contribution < 1.29 is 9.84 Å². The molecule has 1 aliphatic heterocycles. The highest BCUT2D eigenvalue weighted by molar-refractivity contribution is 4.97. The van der Waals surface area contributed by atoms with E-state index in [1.165, 1.54) is 0 Å². The molecule has 15 heavy (non-hydrogen) atoms. The summed E-state index contributed by atoms with van der Waals surface area (Å²) in [6.45, 7) is 6.04. The van der Waals surface area contributed by atoms with Crippen molar-refractivity contribution >= 4 is 0 Å². The largest absolute Gasteiger partial charge is 0.391 e. The third-order valence-corrected chi connectivity index (χ3v) is 4.25. The summed E-state index contributed by atoms with van der Waals surface area (Å²) in [5.74, 6) is 0. The zero-order valence-corrected chi connectivity index (χ0v) is 10.1. The molecule has 0 amide bonds. The molecule has 1 N–H and O–H groups in total. The van der Waals surface area contributed by atoms with Crippen LogP contribution >= 0.6 is 0 Å². The minimum absolute atomic E-state index is 0.0817.